The van der Waals surface area contributed by atoms with Gasteiger partial charge in [0.2, 0.25) is 0 Å². The number of hydrogen-bond donors (Lipinski definition) is 1. The highest BCUT2D eigenvalue weighted by Gasteiger charge is 2.02. The summed E-state index contributed by atoms with van der Waals surface area (Å²) < 4.78 is 2.33. The van der Waals surface area contributed by atoms with Gasteiger partial charge in [-0.2, -0.15) is 0 Å². The summed E-state index contributed by atoms with van der Waals surface area (Å²) in [6.45, 7) is 9.63. The van der Waals surface area contributed by atoms with Crippen molar-refractivity contribution in [2.45, 2.75) is 40.3 Å². The van der Waals surface area contributed by atoms with Crippen molar-refractivity contribution in [1.29, 1.82) is 0 Å². The fourth-order valence-electron chi connectivity index (χ4n) is 2.33. The minimum atomic E-state index is 0.694. The van der Waals surface area contributed by atoms with Crippen molar-refractivity contribution in [2.24, 2.45) is 5.92 Å². The molecule has 2 rings (SSSR count). The molecule has 0 unspecified atom stereocenters. The van der Waals surface area contributed by atoms with Gasteiger partial charge in [-0.3, -0.25) is 0 Å². The lowest BCUT2D eigenvalue weighted by Crippen LogP contribution is -2.20. The normalized spacial score (nSPS) is 11.2. The van der Waals surface area contributed by atoms with Crippen LogP contribution in [0.2, 0.25) is 0 Å². The van der Waals surface area contributed by atoms with Crippen LogP contribution in [0.1, 0.15) is 37.6 Å². The molecule has 0 aliphatic carbocycles. The summed E-state index contributed by atoms with van der Waals surface area (Å²) in [5.41, 5.74) is 4.12. The maximum Gasteiger partial charge on any atom is 0.0473 e. The van der Waals surface area contributed by atoms with E-state index in [0.717, 1.165) is 26.1 Å². The van der Waals surface area contributed by atoms with E-state index >= 15 is 0 Å². The molecule has 0 aliphatic rings. The molecule has 1 aromatic heterocycles. The number of nitrogens with zero attached hydrogens (tertiary/aromatic N) is 1. The Morgan fingerprint density at radius 2 is 1.75 bits per heavy atom. The Labute approximate surface area is 122 Å². The first-order chi connectivity index (χ1) is 9.69. The van der Waals surface area contributed by atoms with Crippen molar-refractivity contribution in [3.8, 4) is 0 Å². The van der Waals surface area contributed by atoms with Gasteiger partial charge in [-0.15, -0.1) is 0 Å². The summed E-state index contributed by atoms with van der Waals surface area (Å²) >= 11 is 0. The van der Waals surface area contributed by atoms with Gasteiger partial charge in [0.25, 0.3) is 0 Å². The lowest BCUT2D eigenvalue weighted by molar-refractivity contribution is 0.539. The van der Waals surface area contributed by atoms with Gasteiger partial charge >= 0.3 is 0 Å². The molecule has 0 saturated heterocycles. The van der Waals surface area contributed by atoms with E-state index in [1.807, 2.05) is 0 Å². The third-order valence-corrected chi connectivity index (χ3v) is 3.57. The summed E-state index contributed by atoms with van der Waals surface area (Å²) in [7, 11) is 0. The van der Waals surface area contributed by atoms with E-state index in [1.165, 1.54) is 16.8 Å². The molecular weight excluding hydrogens is 244 g/mol. The first-order valence-corrected chi connectivity index (χ1v) is 7.61. The number of aromatic nitrogens is 1. The van der Waals surface area contributed by atoms with Gasteiger partial charge in [-0.1, -0.05) is 45.0 Å². The van der Waals surface area contributed by atoms with Crippen molar-refractivity contribution < 1.29 is 0 Å². The standard InChI is InChI=1S/C18H26N2/c1-4-16-7-9-17(10-8-16)14-20-11-5-6-18(20)13-19-12-15(2)3/h5-11,15,19H,4,12-14H2,1-3H3. The highest BCUT2D eigenvalue weighted by atomic mass is 15.0. The van der Waals surface area contributed by atoms with E-state index < -0.39 is 0 Å². The van der Waals surface area contributed by atoms with Crippen molar-refractivity contribution in [3.05, 3.63) is 59.4 Å². The average molecular weight is 270 g/mol. The van der Waals surface area contributed by atoms with Gasteiger partial charge in [-0.25, -0.2) is 0 Å². The van der Waals surface area contributed by atoms with Crippen LogP contribution in [-0.4, -0.2) is 11.1 Å². The minimum Gasteiger partial charge on any atom is -0.346 e. The molecule has 1 N–H and O–H groups in total. The minimum absolute atomic E-state index is 0.694. The van der Waals surface area contributed by atoms with Crippen molar-refractivity contribution in [3.63, 3.8) is 0 Å². The molecule has 2 aromatic rings. The van der Waals surface area contributed by atoms with Gasteiger partial charge in [0, 0.05) is 25.0 Å². The maximum absolute atomic E-state index is 3.51. The fourth-order valence-corrected chi connectivity index (χ4v) is 2.33. The third-order valence-electron chi connectivity index (χ3n) is 3.57. The summed E-state index contributed by atoms with van der Waals surface area (Å²) in [5.74, 6) is 0.694. The van der Waals surface area contributed by atoms with Gasteiger partial charge < -0.3 is 9.88 Å². The molecule has 2 nitrogen and oxygen atoms in total. The Kier molecular flexibility index (Phi) is 5.42. The third kappa shape index (κ3) is 4.24. The molecule has 0 atom stereocenters. The summed E-state index contributed by atoms with van der Waals surface area (Å²) in [5, 5.41) is 3.51. The van der Waals surface area contributed by atoms with E-state index in [9.17, 15) is 0 Å². The molecule has 0 saturated carbocycles. The second-order valence-electron chi connectivity index (χ2n) is 5.82. The van der Waals surface area contributed by atoms with Crippen molar-refractivity contribution in [2.75, 3.05) is 6.54 Å². The first kappa shape index (κ1) is 14.9. The largest absolute Gasteiger partial charge is 0.346 e. The Hall–Kier alpha value is -1.54. The van der Waals surface area contributed by atoms with Crippen LogP contribution in [0.5, 0.6) is 0 Å². The first-order valence-electron chi connectivity index (χ1n) is 7.61. The highest BCUT2D eigenvalue weighted by Crippen LogP contribution is 2.10. The van der Waals surface area contributed by atoms with Crippen LogP contribution < -0.4 is 5.32 Å². The zero-order valence-electron chi connectivity index (χ0n) is 12.9. The van der Waals surface area contributed by atoms with Crippen molar-refractivity contribution in [1.82, 2.24) is 9.88 Å². The molecule has 2 heteroatoms. The Bertz CT molecular complexity index is 508. The second-order valence-corrected chi connectivity index (χ2v) is 5.82. The van der Waals surface area contributed by atoms with Crippen LogP contribution in [0.25, 0.3) is 0 Å². The Balaban J connectivity index is 1.96. The molecule has 108 valence electrons. The average Bonchev–Trinajstić information content (AvgIpc) is 2.87. The molecular formula is C18H26N2. The van der Waals surface area contributed by atoms with E-state index in [4.69, 9.17) is 0 Å². The van der Waals surface area contributed by atoms with Crippen LogP contribution in [-0.2, 0) is 19.5 Å². The zero-order chi connectivity index (χ0) is 14.4. The number of rotatable bonds is 7. The van der Waals surface area contributed by atoms with E-state index in [2.05, 4.69) is 73.3 Å². The zero-order valence-corrected chi connectivity index (χ0v) is 12.9. The Morgan fingerprint density at radius 1 is 1.05 bits per heavy atom. The van der Waals surface area contributed by atoms with Gasteiger partial charge in [0.05, 0.1) is 0 Å². The van der Waals surface area contributed by atoms with E-state index in [0.29, 0.717) is 5.92 Å². The van der Waals surface area contributed by atoms with Gasteiger partial charge in [-0.05, 0) is 42.1 Å². The summed E-state index contributed by atoms with van der Waals surface area (Å²) in [6, 6.07) is 13.3. The number of benzene rings is 1. The van der Waals surface area contributed by atoms with Crippen LogP contribution in [0.4, 0.5) is 0 Å². The van der Waals surface area contributed by atoms with Crippen LogP contribution in [0.3, 0.4) is 0 Å². The predicted molar refractivity (Wildman–Crippen MR) is 85.9 cm³/mol. The topological polar surface area (TPSA) is 17.0 Å². The Morgan fingerprint density at radius 3 is 2.40 bits per heavy atom. The number of nitrogens with one attached hydrogen (secondary N) is 1. The van der Waals surface area contributed by atoms with E-state index in [1.54, 1.807) is 0 Å². The molecule has 0 bridgehead atoms. The predicted octanol–water partition coefficient (Wildman–Crippen LogP) is 3.84. The lowest BCUT2D eigenvalue weighted by Gasteiger charge is -2.12. The quantitative estimate of drug-likeness (QED) is 0.809. The summed E-state index contributed by atoms with van der Waals surface area (Å²) in [6.07, 6.45) is 3.27. The molecule has 1 aromatic carbocycles. The molecule has 0 aliphatic heterocycles. The second kappa shape index (κ2) is 7.30. The van der Waals surface area contributed by atoms with E-state index in [-0.39, 0.29) is 0 Å². The molecule has 0 amide bonds. The SMILES string of the molecule is CCc1ccc(Cn2cccc2CNCC(C)C)cc1. The smallest absolute Gasteiger partial charge is 0.0473 e. The molecule has 0 radical (unpaired) electrons. The highest BCUT2D eigenvalue weighted by molar-refractivity contribution is 5.23. The summed E-state index contributed by atoms with van der Waals surface area (Å²) in [4.78, 5) is 0. The van der Waals surface area contributed by atoms with Crippen LogP contribution in [0, 0.1) is 5.92 Å². The molecule has 1 heterocycles. The molecule has 20 heavy (non-hydrogen) atoms. The van der Waals surface area contributed by atoms with Crippen molar-refractivity contribution >= 4 is 0 Å². The lowest BCUT2D eigenvalue weighted by atomic mass is 10.1. The van der Waals surface area contributed by atoms with Gasteiger partial charge in [0.1, 0.15) is 0 Å². The fraction of sp³-hybridized carbons (Fsp3) is 0.444. The molecule has 0 fully saturated rings. The van der Waals surface area contributed by atoms with Gasteiger partial charge in [0.15, 0.2) is 0 Å². The monoisotopic (exact) mass is 270 g/mol. The van der Waals surface area contributed by atoms with Crippen LogP contribution in [0.15, 0.2) is 42.6 Å². The number of aryl methyl sites for hydroxylation is 1. The number of hydrogen-bond acceptors (Lipinski definition) is 1. The molecule has 0 spiro atoms. The van der Waals surface area contributed by atoms with Crippen LogP contribution >= 0.6 is 0 Å². The maximum atomic E-state index is 3.51.